The number of hydrogen-bond donors (Lipinski definition) is 1. The number of rotatable bonds is 5. The number of carbonyl (C=O) groups excluding carboxylic acids is 2. The van der Waals surface area contributed by atoms with Gasteiger partial charge in [-0.15, -0.1) is 0 Å². The zero-order valence-corrected chi connectivity index (χ0v) is 19.1. The molecule has 0 spiro atoms. The fourth-order valence-corrected chi connectivity index (χ4v) is 4.29. The van der Waals surface area contributed by atoms with Crippen LogP contribution < -0.4 is 14.8 Å². The van der Waals surface area contributed by atoms with Crippen LogP contribution in [0.2, 0.25) is 0 Å². The predicted molar refractivity (Wildman–Crippen MR) is 121 cm³/mol. The average molecular weight is 485 g/mol. The third-order valence-corrected chi connectivity index (χ3v) is 5.94. The number of methoxy groups -OCH3 is 2. The van der Waals surface area contributed by atoms with Crippen molar-refractivity contribution in [3.8, 4) is 11.5 Å². The summed E-state index contributed by atoms with van der Waals surface area (Å²) in [7, 11) is 4.42. The second-order valence-electron chi connectivity index (χ2n) is 7.99. The first kappa shape index (κ1) is 24.1. The molecule has 2 amide bonds. The SMILES string of the molecule is COc1cc2c(cc1OC)[C@@H](C(=O)Nc1cccc(C(F)(F)F)c1)[C@H](c1cccnc1)N(C)C2=O. The maximum Gasteiger partial charge on any atom is 0.416 e. The summed E-state index contributed by atoms with van der Waals surface area (Å²) in [6, 6.07) is 10.1. The maximum absolute atomic E-state index is 13.7. The molecule has 0 bridgehead atoms. The molecule has 2 atom stereocenters. The van der Waals surface area contributed by atoms with Crippen LogP contribution in [0.1, 0.15) is 39.0 Å². The number of benzene rings is 2. The number of nitrogens with zero attached hydrogens (tertiary/aromatic N) is 2. The van der Waals surface area contributed by atoms with Gasteiger partial charge < -0.3 is 19.7 Å². The molecule has 0 fully saturated rings. The Bertz CT molecular complexity index is 1260. The third-order valence-electron chi connectivity index (χ3n) is 5.94. The first-order chi connectivity index (χ1) is 16.7. The van der Waals surface area contributed by atoms with Crippen LogP contribution in [0.15, 0.2) is 60.9 Å². The molecule has 1 aliphatic heterocycles. The Morgan fingerprint density at radius 1 is 1.06 bits per heavy atom. The van der Waals surface area contributed by atoms with Gasteiger partial charge in [0.2, 0.25) is 5.91 Å². The van der Waals surface area contributed by atoms with E-state index in [0.29, 0.717) is 22.6 Å². The second kappa shape index (κ2) is 9.28. The molecular weight excluding hydrogens is 463 g/mol. The molecular formula is C25H22F3N3O4. The average Bonchev–Trinajstić information content (AvgIpc) is 2.85. The van der Waals surface area contributed by atoms with Crippen LogP contribution in [0.3, 0.4) is 0 Å². The molecule has 10 heteroatoms. The van der Waals surface area contributed by atoms with Crippen molar-refractivity contribution >= 4 is 17.5 Å². The van der Waals surface area contributed by atoms with Gasteiger partial charge in [-0.2, -0.15) is 13.2 Å². The smallest absolute Gasteiger partial charge is 0.416 e. The van der Waals surface area contributed by atoms with E-state index in [1.165, 1.54) is 37.3 Å². The summed E-state index contributed by atoms with van der Waals surface area (Å²) in [4.78, 5) is 32.5. The van der Waals surface area contributed by atoms with Gasteiger partial charge >= 0.3 is 6.18 Å². The van der Waals surface area contributed by atoms with E-state index in [1.807, 2.05) is 0 Å². The van der Waals surface area contributed by atoms with E-state index in [4.69, 9.17) is 9.47 Å². The molecule has 0 saturated carbocycles. The summed E-state index contributed by atoms with van der Waals surface area (Å²) in [5.41, 5.74) is 0.282. The van der Waals surface area contributed by atoms with Gasteiger partial charge in [-0.3, -0.25) is 14.6 Å². The van der Waals surface area contributed by atoms with Crippen LogP contribution in [0.4, 0.5) is 18.9 Å². The van der Waals surface area contributed by atoms with Gasteiger partial charge in [-0.25, -0.2) is 0 Å². The topological polar surface area (TPSA) is 80.8 Å². The van der Waals surface area contributed by atoms with Gasteiger partial charge in [0.05, 0.1) is 31.7 Å². The minimum Gasteiger partial charge on any atom is -0.493 e. The van der Waals surface area contributed by atoms with Gasteiger partial charge in [0.1, 0.15) is 0 Å². The maximum atomic E-state index is 13.7. The standard InChI is InChI=1S/C25H22F3N3O4/c1-31-22(14-6-5-9-29-13-14)21(17-11-19(34-2)20(35-3)12-18(17)24(31)33)23(32)30-16-8-4-7-15(10-16)25(26,27)28/h4-13,21-22H,1-3H3,(H,30,32)/t21-,22+/m1/s1. The normalized spacial score (nSPS) is 17.5. The Hall–Kier alpha value is -4.08. The van der Waals surface area contributed by atoms with Crippen LogP contribution in [0.5, 0.6) is 11.5 Å². The number of anilines is 1. The first-order valence-electron chi connectivity index (χ1n) is 10.6. The molecule has 35 heavy (non-hydrogen) atoms. The lowest BCUT2D eigenvalue weighted by molar-refractivity contribution is -0.137. The summed E-state index contributed by atoms with van der Waals surface area (Å²) in [5, 5.41) is 2.60. The number of halogens is 3. The van der Waals surface area contributed by atoms with Crippen molar-refractivity contribution in [1.29, 1.82) is 0 Å². The van der Waals surface area contributed by atoms with E-state index in [1.54, 1.807) is 37.6 Å². The summed E-state index contributed by atoms with van der Waals surface area (Å²) in [6.45, 7) is 0. The van der Waals surface area contributed by atoms with Crippen molar-refractivity contribution in [3.63, 3.8) is 0 Å². The molecule has 0 aliphatic carbocycles. The van der Waals surface area contributed by atoms with E-state index in [2.05, 4.69) is 10.3 Å². The Morgan fingerprint density at radius 2 is 1.77 bits per heavy atom. The van der Waals surface area contributed by atoms with Gasteiger partial charge in [-0.1, -0.05) is 12.1 Å². The molecule has 2 heterocycles. The quantitative estimate of drug-likeness (QED) is 0.568. The zero-order valence-electron chi connectivity index (χ0n) is 19.1. The number of ether oxygens (including phenoxy) is 2. The minimum absolute atomic E-state index is 0.0173. The molecule has 7 nitrogen and oxygen atoms in total. The molecule has 2 aromatic carbocycles. The first-order valence-corrected chi connectivity index (χ1v) is 10.6. The zero-order chi connectivity index (χ0) is 25.3. The van der Waals surface area contributed by atoms with Crippen molar-refractivity contribution in [2.45, 2.75) is 18.1 Å². The molecule has 4 rings (SSSR count). The monoisotopic (exact) mass is 485 g/mol. The van der Waals surface area contributed by atoms with Crippen LogP contribution in [0, 0.1) is 0 Å². The van der Waals surface area contributed by atoms with Crippen LogP contribution in [-0.2, 0) is 11.0 Å². The Balaban J connectivity index is 1.85. The highest BCUT2D eigenvalue weighted by molar-refractivity contribution is 6.04. The van der Waals surface area contributed by atoms with Crippen molar-refractivity contribution in [2.75, 3.05) is 26.6 Å². The highest BCUT2D eigenvalue weighted by Gasteiger charge is 2.44. The van der Waals surface area contributed by atoms with E-state index in [9.17, 15) is 22.8 Å². The highest BCUT2D eigenvalue weighted by atomic mass is 19.4. The lowest BCUT2D eigenvalue weighted by atomic mass is 9.79. The molecule has 182 valence electrons. The number of aromatic nitrogens is 1. The molecule has 1 N–H and O–H groups in total. The van der Waals surface area contributed by atoms with Crippen molar-refractivity contribution in [3.05, 3.63) is 83.2 Å². The molecule has 0 saturated heterocycles. The Labute approximate surface area is 199 Å². The molecule has 0 radical (unpaired) electrons. The summed E-state index contributed by atoms with van der Waals surface area (Å²) in [6.07, 6.45) is -1.45. The number of fused-ring (bicyclic) bond motifs is 1. The van der Waals surface area contributed by atoms with E-state index in [-0.39, 0.29) is 17.2 Å². The molecule has 1 aromatic heterocycles. The van der Waals surface area contributed by atoms with Gasteiger partial charge in [0, 0.05) is 30.7 Å². The number of amides is 2. The van der Waals surface area contributed by atoms with Gasteiger partial charge in [0.25, 0.3) is 5.91 Å². The summed E-state index contributed by atoms with van der Waals surface area (Å²) >= 11 is 0. The Kier molecular flexibility index (Phi) is 6.38. The van der Waals surface area contributed by atoms with E-state index < -0.39 is 29.6 Å². The van der Waals surface area contributed by atoms with E-state index >= 15 is 0 Å². The number of carbonyl (C=O) groups is 2. The van der Waals surface area contributed by atoms with Crippen molar-refractivity contribution in [1.82, 2.24) is 9.88 Å². The lowest BCUT2D eigenvalue weighted by Gasteiger charge is -2.39. The van der Waals surface area contributed by atoms with Crippen LogP contribution in [0.25, 0.3) is 0 Å². The number of pyridine rings is 1. The molecule has 3 aromatic rings. The highest BCUT2D eigenvalue weighted by Crippen LogP contribution is 2.46. The van der Waals surface area contributed by atoms with Crippen molar-refractivity contribution in [2.24, 2.45) is 0 Å². The Morgan fingerprint density at radius 3 is 2.40 bits per heavy atom. The third kappa shape index (κ3) is 4.51. The second-order valence-corrected chi connectivity index (χ2v) is 7.99. The molecule has 1 aliphatic rings. The largest absolute Gasteiger partial charge is 0.493 e. The fraction of sp³-hybridized carbons (Fsp3) is 0.240. The molecule has 0 unspecified atom stereocenters. The number of likely N-dealkylation sites (N-methyl/N-ethyl adjacent to an activating group) is 1. The van der Waals surface area contributed by atoms with Gasteiger partial charge in [-0.05, 0) is 47.5 Å². The number of hydrogen-bond acceptors (Lipinski definition) is 5. The predicted octanol–water partition coefficient (Wildman–Crippen LogP) is 4.67. The van der Waals surface area contributed by atoms with Crippen LogP contribution >= 0.6 is 0 Å². The minimum atomic E-state index is -4.56. The number of nitrogens with one attached hydrogen (secondary N) is 1. The summed E-state index contributed by atoms with van der Waals surface area (Å²) in [5.74, 6) is -1.30. The lowest BCUT2D eigenvalue weighted by Crippen LogP contribution is -2.44. The van der Waals surface area contributed by atoms with Gasteiger partial charge in [0.15, 0.2) is 11.5 Å². The van der Waals surface area contributed by atoms with Crippen LogP contribution in [-0.4, -0.2) is 43.0 Å². The van der Waals surface area contributed by atoms with Crippen molar-refractivity contribution < 1.29 is 32.2 Å². The van der Waals surface area contributed by atoms with E-state index in [0.717, 1.165) is 12.1 Å². The number of alkyl halides is 3. The fourth-order valence-electron chi connectivity index (χ4n) is 4.29. The summed E-state index contributed by atoms with van der Waals surface area (Å²) < 4.78 is 50.3.